The van der Waals surface area contributed by atoms with Gasteiger partial charge in [-0.25, -0.2) is 4.79 Å². The molecule has 28 heavy (non-hydrogen) atoms. The van der Waals surface area contributed by atoms with Crippen LogP contribution in [-0.4, -0.2) is 31.6 Å². The number of carbonyl (C=O) groups is 2. The average molecular weight is 382 g/mol. The Morgan fingerprint density at radius 2 is 1.79 bits per heavy atom. The summed E-state index contributed by atoms with van der Waals surface area (Å²) < 4.78 is 16.1. The number of rotatable bonds is 8. The lowest BCUT2D eigenvalue weighted by Gasteiger charge is -2.13. The van der Waals surface area contributed by atoms with E-state index in [1.807, 2.05) is 45.9 Å². The molecule has 0 N–H and O–H groups in total. The van der Waals surface area contributed by atoms with Gasteiger partial charge in [-0.3, -0.25) is 4.79 Å². The van der Waals surface area contributed by atoms with E-state index in [-0.39, 0.29) is 18.5 Å². The van der Waals surface area contributed by atoms with Crippen molar-refractivity contribution in [1.82, 2.24) is 0 Å². The summed E-state index contributed by atoms with van der Waals surface area (Å²) in [6.45, 7) is 7.40. The summed E-state index contributed by atoms with van der Waals surface area (Å²) in [7, 11) is 1.56. The summed E-state index contributed by atoms with van der Waals surface area (Å²) in [5, 5.41) is 0. The second-order valence-corrected chi connectivity index (χ2v) is 6.76. The van der Waals surface area contributed by atoms with Gasteiger partial charge >= 0.3 is 5.97 Å². The number of ketones is 1. The molecular formula is C23H26O5. The van der Waals surface area contributed by atoms with Crippen LogP contribution in [0.3, 0.4) is 0 Å². The standard InChI is InChI=1S/C23H26O5/c1-15(2)28-21-10-7-18(13-22(21)26-5)8-11-23(25)27-14-20(24)19-9-6-16(3)12-17(19)4/h6-13,15H,14H2,1-5H3/b11-8+. The zero-order valence-corrected chi connectivity index (χ0v) is 16.9. The minimum Gasteiger partial charge on any atom is -0.493 e. The fraction of sp³-hybridized carbons (Fsp3) is 0.304. The molecule has 0 atom stereocenters. The lowest BCUT2D eigenvalue weighted by Crippen LogP contribution is -2.13. The molecule has 0 aliphatic rings. The van der Waals surface area contributed by atoms with Crippen molar-refractivity contribution >= 4 is 17.8 Å². The van der Waals surface area contributed by atoms with Crippen molar-refractivity contribution in [2.24, 2.45) is 0 Å². The Kier molecular flexibility index (Phi) is 7.38. The monoisotopic (exact) mass is 382 g/mol. The van der Waals surface area contributed by atoms with Gasteiger partial charge in [-0.1, -0.05) is 29.8 Å². The average Bonchev–Trinajstić information content (AvgIpc) is 2.64. The molecule has 0 amide bonds. The normalized spacial score (nSPS) is 10.9. The van der Waals surface area contributed by atoms with Crippen LogP contribution in [0.15, 0.2) is 42.5 Å². The minimum atomic E-state index is -0.584. The number of hydrogen-bond acceptors (Lipinski definition) is 5. The van der Waals surface area contributed by atoms with Crippen LogP contribution < -0.4 is 9.47 Å². The van der Waals surface area contributed by atoms with E-state index in [1.54, 1.807) is 31.4 Å². The summed E-state index contributed by atoms with van der Waals surface area (Å²) in [5.41, 5.74) is 3.26. The zero-order valence-electron chi connectivity index (χ0n) is 16.9. The topological polar surface area (TPSA) is 61.8 Å². The first kappa shape index (κ1) is 21.2. The van der Waals surface area contributed by atoms with Crippen LogP contribution in [0, 0.1) is 13.8 Å². The van der Waals surface area contributed by atoms with E-state index in [0.717, 1.165) is 16.7 Å². The van der Waals surface area contributed by atoms with Gasteiger partial charge in [-0.15, -0.1) is 0 Å². The second kappa shape index (κ2) is 9.74. The molecule has 0 heterocycles. The van der Waals surface area contributed by atoms with Crippen molar-refractivity contribution in [3.63, 3.8) is 0 Å². The molecule has 2 rings (SSSR count). The molecule has 5 heteroatoms. The molecule has 148 valence electrons. The van der Waals surface area contributed by atoms with Crippen LogP contribution in [0.2, 0.25) is 0 Å². The van der Waals surface area contributed by atoms with Gasteiger partial charge < -0.3 is 14.2 Å². The summed E-state index contributed by atoms with van der Waals surface area (Å²) in [4.78, 5) is 24.2. The fourth-order valence-corrected chi connectivity index (χ4v) is 2.69. The number of esters is 1. The predicted molar refractivity (Wildman–Crippen MR) is 109 cm³/mol. The molecule has 0 aliphatic heterocycles. The summed E-state index contributed by atoms with van der Waals surface area (Å²) in [6.07, 6.45) is 2.92. The van der Waals surface area contributed by atoms with Gasteiger partial charge in [-0.2, -0.15) is 0 Å². The molecule has 0 spiro atoms. The van der Waals surface area contributed by atoms with Crippen molar-refractivity contribution in [1.29, 1.82) is 0 Å². The molecule has 0 radical (unpaired) electrons. The molecule has 0 aromatic heterocycles. The van der Waals surface area contributed by atoms with E-state index in [9.17, 15) is 9.59 Å². The lowest BCUT2D eigenvalue weighted by molar-refractivity contribution is -0.136. The van der Waals surface area contributed by atoms with E-state index in [4.69, 9.17) is 14.2 Å². The van der Waals surface area contributed by atoms with E-state index >= 15 is 0 Å². The van der Waals surface area contributed by atoms with Crippen molar-refractivity contribution < 1.29 is 23.8 Å². The van der Waals surface area contributed by atoms with Crippen molar-refractivity contribution in [2.45, 2.75) is 33.8 Å². The maximum atomic E-state index is 12.2. The van der Waals surface area contributed by atoms with Crippen molar-refractivity contribution in [3.8, 4) is 11.5 Å². The Balaban J connectivity index is 1.97. The zero-order chi connectivity index (χ0) is 20.7. The number of hydrogen-bond donors (Lipinski definition) is 0. The Bertz CT molecular complexity index is 881. The maximum absolute atomic E-state index is 12.2. The Hall–Kier alpha value is -3.08. The first-order chi connectivity index (χ1) is 13.3. The fourth-order valence-electron chi connectivity index (χ4n) is 2.69. The summed E-state index contributed by atoms with van der Waals surface area (Å²) in [5.74, 6) is 0.404. The number of methoxy groups -OCH3 is 1. The van der Waals surface area contributed by atoms with Crippen molar-refractivity contribution in [3.05, 3.63) is 64.7 Å². The van der Waals surface area contributed by atoms with E-state index in [0.29, 0.717) is 17.1 Å². The summed E-state index contributed by atoms with van der Waals surface area (Å²) in [6, 6.07) is 10.9. The lowest BCUT2D eigenvalue weighted by atomic mass is 10.0. The molecule has 0 aliphatic carbocycles. The SMILES string of the molecule is COc1cc(/C=C/C(=O)OCC(=O)c2ccc(C)cc2C)ccc1OC(C)C. The third-order valence-corrected chi connectivity index (χ3v) is 3.99. The van der Waals surface area contributed by atoms with E-state index in [1.165, 1.54) is 6.08 Å². The third-order valence-electron chi connectivity index (χ3n) is 3.99. The van der Waals surface area contributed by atoms with Gasteiger partial charge in [0.1, 0.15) is 0 Å². The first-order valence-corrected chi connectivity index (χ1v) is 9.10. The van der Waals surface area contributed by atoms with Gasteiger partial charge in [0.15, 0.2) is 18.1 Å². The van der Waals surface area contributed by atoms with Gasteiger partial charge in [0.05, 0.1) is 13.2 Å². The highest BCUT2D eigenvalue weighted by atomic mass is 16.5. The van der Waals surface area contributed by atoms with Crippen LogP contribution >= 0.6 is 0 Å². The highest BCUT2D eigenvalue weighted by molar-refractivity contribution is 6.00. The smallest absolute Gasteiger partial charge is 0.331 e. The van der Waals surface area contributed by atoms with E-state index < -0.39 is 5.97 Å². The van der Waals surface area contributed by atoms with Gasteiger partial charge in [-0.05, 0) is 57.0 Å². The summed E-state index contributed by atoms with van der Waals surface area (Å²) >= 11 is 0. The Morgan fingerprint density at radius 1 is 1.04 bits per heavy atom. The van der Waals surface area contributed by atoms with E-state index in [2.05, 4.69) is 0 Å². The Morgan fingerprint density at radius 3 is 2.43 bits per heavy atom. The third kappa shape index (κ3) is 5.98. The molecule has 0 unspecified atom stereocenters. The molecule has 0 bridgehead atoms. The molecule has 0 saturated heterocycles. The molecule has 2 aromatic rings. The Labute approximate surface area is 165 Å². The number of ether oxygens (including phenoxy) is 3. The molecular weight excluding hydrogens is 356 g/mol. The number of aryl methyl sites for hydroxylation is 2. The first-order valence-electron chi connectivity index (χ1n) is 9.10. The van der Waals surface area contributed by atoms with Crippen LogP contribution in [-0.2, 0) is 9.53 Å². The van der Waals surface area contributed by atoms with Crippen LogP contribution in [0.5, 0.6) is 11.5 Å². The highest BCUT2D eigenvalue weighted by Crippen LogP contribution is 2.29. The number of carbonyl (C=O) groups excluding carboxylic acids is 2. The van der Waals surface area contributed by atoms with Crippen LogP contribution in [0.25, 0.3) is 6.08 Å². The molecule has 0 fully saturated rings. The second-order valence-electron chi connectivity index (χ2n) is 6.76. The highest BCUT2D eigenvalue weighted by Gasteiger charge is 2.11. The molecule has 5 nitrogen and oxygen atoms in total. The minimum absolute atomic E-state index is 0.0278. The van der Waals surface area contributed by atoms with Crippen molar-refractivity contribution in [2.75, 3.05) is 13.7 Å². The maximum Gasteiger partial charge on any atom is 0.331 e. The quantitative estimate of drug-likeness (QED) is 0.381. The van der Waals surface area contributed by atoms with Crippen LogP contribution in [0.1, 0.15) is 40.9 Å². The predicted octanol–water partition coefficient (Wildman–Crippen LogP) is 4.54. The van der Waals surface area contributed by atoms with Gasteiger partial charge in [0, 0.05) is 11.6 Å². The molecule has 2 aromatic carbocycles. The molecule has 0 saturated carbocycles. The number of Topliss-reactive ketones (excluding diaryl/α,β-unsaturated/α-hetero) is 1. The largest absolute Gasteiger partial charge is 0.493 e. The van der Waals surface area contributed by atoms with Gasteiger partial charge in [0.2, 0.25) is 5.78 Å². The van der Waals surface area contributed by atoms with Gasteiger partial charge in [0.25, 0.3) is 0 Å². The number of benzene rings is 2. The van der Waals surface area contributed by atoms with Crippen LogP contribution in [0.4, 0.5) is 0 Å².